The average Bonchev–Trinajstić information content (AvgIpc) is 2.37. The number of aryl methyl sites for hydroxylation is 1. The second kappa shape index (κ2) is 7.42. The highest BCUT2D eigenvalue weighted by atomic mass is 16.2. The normalized spacial score (nSPS) is 11.5. The molecule has 0 saturated heterocycles. The van der Waals surface area contributed by atoms with Crippen LogP contribution in [0, 0.1) is 11.3 Å². The highest BCUT2D eigenvalue weighted by Crippen LogP contribution is 2.03. The summed E-state index contributed by atoms with van der Waals surface area (Å²) in [6.45, 7) is 0.369. The number of nitrogens with one attached hydrogen (secondary N) is 1. The van der Waals surface area contributed by atoms with Gasteiger partial charge in [0.2, 0.25) is 5.91 Å². The first-order chi connectivity index (χ1) is 8.24. The van der Waals surface area contributed by atoms with E-state index in [1.165, 1.54) is 5.56 Å². The minimum Gasteiger partial charge on any atom is -0.354 e. The molecule has 17 heavy (non-hydrogen) atoms. The van der Waals surface area contributed by atoms with Crippen molar-refractivity contribution in [3.8, 4) is 6.07 Å². The molecule has 0 saturated carbocycles. The molecule has 1 unspecified atom stereocenters. The van der Waals surface area contributed by atoms with Crippen LogP contribution in [0.15, 0.2) is 30.3 Å². The van der Waals surface area contributed by atoms with Gasteiger partial charge in [-0.25, -0.2) is 0 Å². The average molecular weight is 231 g/mol. The third kappa shape index (κ3) is 5.14. The minimum atomic E-state index is -0.506. The van der Waals surface area contributed by atoms with Gasteiger partial charge < -0.3 is 11.1 Å². The van der Waals surface area contributed by atoms with E-state index in [0.29, 0.717) is 19.4 Å². The summed E-state index contributed by atoms with van der Waals surface area (Å²) in [7, 11) is 0. The van der Waals surface area contributed by atoms with Crippen molar-refractivity contribution in [3.05, 3.63) is 35.9 Å². The van der Waals surface area contributed by atoms with Crippen molar-refractivity contribution in [2.75, 3.05) is 6.54 Å². The second-order valence-electron chi connectivity index (χ2n) is 3.83. The quantitative estimate of drug-likeness (QED) is 0.716. The van der Waals surface area contributed by atoms with Gasteiger partial charge in [-0.05, 0) is 18.4 Å². The lowest BCUT2D eigenvalue weighted by atomic mass is 10.1. The fraction of sp³-hybridized carbons (Fsp3) is 0.385. The molecular formula is C13H17N3O. The van der Waals surface area contributed by atoms with E-state index in [2.05, 4.69) is 5.32 Å². The molecule has 0 heterocycles. The number of amides is 1. The smallest absolute Gasteiger partial charge is 0.236 e. The summed E-state index contributed by atoms with van der Waals surface area (Å²) in [5.74, 6) is -0.184. The molecule has 0 spiro atoms. The summed E-state index contributed by atoms with van der Waals surface area (Å²) in [4.78, 5) is 11.5. The van der Waals surface area contributed by atoms with Crippen molar-refractivity contribution in [1.82, 2.24) is 5.32 Å². The lowest BCUT2D eigenvalue weighted by Gasteiger charge is -2.11. The van der Waals surface area contributed by atoms with E-state index in [4.69, 9.17) is 11.0 Å². The molecule has 1 aromatic rings. The summed E-state index contributed by atoms with van der Waals surface area (Å²) < 4.78 is 0. The molecule has 0 bridgehead atoms. The molecule has 0 aliphatic carbocycles. The fourth-order valence-electron chi connectivity index (χ4n) is 1.47. The van der Waals surface area contributed by atoms with Crippen molar-refractivity contribution in [2.45, 2.75) is 25.3 Å². The molecule has 0 aliphatic heterocycles. The molecule has 0 fully saturated rings. The van der Waals surface area contributed by atoms with Gasteiger partial charge in [0, 0.05) is 6.54 Å². The number of hydrogen-bond donors (Lipinski definition) is 2. The largest absolute Gasteiger partial charge is 0.354 e. The maximum absolute atomic E-state index is 11.5. The summed E-state index contributed by atoms with van der Waals surface area (Å²) in [6, 6.07) is 11.4. The topological polar surface area (TPSA) is 78.9 Å². The Bertz CT molecular complexity index is 383. The molecule has 1 aromatic carbocycles. The van der Waals surface area contributed by atoms with Gasteiger partial charge in [0.1, 0.15) is 0 Å². The molecule has 4 nitrogen and oxygen atoms in total. The van der Waals surface area contributed by atoms with Crippen LogP contribution in [-0.4, -0.2) is 18.5 Å². The Morgan fingerprint density at radius 3 is 2.76 bits per heavy atom. The number of nitriles is 1. The molecule has 0 aliphatic rings. The third-order valence-corrected chi connectivity index (χ3v) is 2.46. The molecule has 3 N–H and O–H groups in total. The number of rotatable bonds is 6. The molecule has 90 valence electrons. The van der Waals surface area contributed by atoms with Crippen molar-refractivity contribution in [1.29, 1.82) is 5.26 Å². The minimum absolute atomic E-state index is 0.184. The van der Waals surface area contributed by atoms with Crippen molar-refractivity contribution < 1.29 is 4.79 Å². The molecular weight excluding hydrogens is 214 g/mol. The highest BCUT2D eigenvalue weighted by Gasteiger charge is 2.12. The van der Waals surface area contributed by atoms with Gasteiger partial charge in [-0.2, -0.15) is 5.26 Å². The van der Waals surface area contributed by atoms with Crippen LogP contribution in [0.3, 0.4) is 0 Å². The number of hydrogen-bond acceptors (Lipinski definition) is 3. The van der Waals surface area contributed by atoms with Gasteiger partial charge in [-0.3, -0.25) is 4.79 Å². The first kappa shape index (κ1) is 13.2. The van der Waals surface area contributed by atoms with Crippen LogP contribution in [0.4, 0.5) is 0 Å². The highest BCUT2D eigenvalue weighted by molar-refractivity contribution is 5.81. The second-order valence-corrected chi connectivity index (χ2v) is 3.83. The predicted octanol–water partition coefficient (Wildman–Crippen LogP) is 0.976. The van der Waals surface area contributed by atoms with E-state index in [-0.39, 0.29) is 5.91 Å². The van der Waals surface area contributed by atoms with E-state index in [1.54, 1.807) is 0 Å². The first-order valence-electron chi connectivity index (χ1n) is 5.68. The molecule has 1 rings (SSSR count). The van der Waals surface area contributed by atoms with E-state index < -0.39 is 6.04 Å². The molecule has 4 heteroatoms. The lowest BCUT2D eigenvalue weighted by Crippen LogP contribution is -2.41. The van der Waals surface area contributed by atoms with Crippen molar-refractivity contribution >= 4 is 5.91 Å². The zero-order valence-corrected chi connectivity index (χ0v) is 9.73. The van der Waals surface area contributed by atoms with Crippen LogP contribution in [0.25, 0.3) is 0 Å². The van der Waals surface area contributed by atoms with E-state index in [9.17, 15) is 4.79 Å². The van der Waals surface area contributed by atoms with Gasteiger partial charge in [0.05, 0.1) is 18.5 Å². The summed E-state index contributed by atoms with van der Waals surface area (Å²) in [5, 5.41) is 11.0. The Morgan fingerprint density at radius 2 is 2.12 bits per heavy atom. The van der Waals surface area contributed by atoms with Gasteiger partial charge in [0.15, 0.2) is 0 Å². The summed E-state index contributed by atoms with van der Waals surface area (Å²) >= 11 is 0. The fourth-order valence-corrected chi connectivity index (χ4v) is 1.47. The molecule has 1 amide bonds. The predicted molar refractivity (Wildman–Crippen MR) is 66.0 cm³/mol. The van der Waals surface area contributed by atoms with Gasteiger partial charge in [-0.15, -0.1) is 0 Å². The van der Waals surface area contributed by atoms with Crippen molar-refractivity contribution in [2.24, 2.45) is 5.73 Å². The maximum Gasteiger partial charge on any atom is 0.236 e. The molecule has 1 atom stereocenters. The molecule has 0 radical (unpaired) electrons. The van der Waals surface area contributed by atoms with Crippen LogP contribution in [0.5, 0.6) is 0 Å². The zero-order chi connectivity index (χ0) is 12.5. The van der Waals surface area contributed by atoms with Crippen LogP contribution in [0.1, 0.15) is 18.4 Å². The van der Waals surface area contributed by atoms with E-state index >= 15 is 0 Å². The Kier molecular flexibility index (Phi) is 5.76. The Balaban J connectivity index is 2.27. The summed E-state index contributed by atoms with van der Waals surface area (Å²) in [6.07, 6.45) is 1.72. The van der Waals surface area contributed by atoms with Crippen molar-refractivity contribution in [3.63, 3.8) is 0 Å². The lowest BCUT2D eigenvalue weighted by molar-refractivity contribution is -0.122. The zero-order valence-electron chi connectivity index (χ0n) is 9.73. The van der Waals surface area contributed by atoms with Gasteiger partial charge >= 0.3 is 0 Å². The standard InChI is InChI=1S/C13H17N3O/c14-9-4-10-16-13(17)12(15)8-7-11-5-2-1-3-6-11/h1-3,5-6,12H,4,7-8,10,15H2,(H,16,17). The first-order valence-corrected chi connectivity index (χ1v) is 5.68. The van der Waals surface area contributed by atoms with Crippen LogP contribution < -0.4 is 11.1 Å². The monoisotopic (exact) mass is 231 g/mol. The SMILES string of the molecule is N#CCCNC(=O)C(N)CCc1ccccc1. The summed E-state index contributed by atoms with van der Waals surface area (Å²) in [5.41, 5.74) is 6.93. The van der Waals surface area contributed by atoms with E-state index in [1.807, 2.05) is 36.4 Å². The van der Waals surface area contributed by atoms with Gasteiger partial charge in [-0.1, -0.05) is 30.3 Å². The van der Waals surface area contributed by atoms with Crippen LogP contribution >= 0.6 is 0 Å². The van der Waals surface area contributed by atoms with Gasteiger partial charge in [0.25, 0.3) is 0 Å². The third-order valence-electron chi connectivity index (χ3n) is 2.46. The Hall–Kier alpha value is -1.86. The number of carbonyl (C=O) groups excluding carboxylic acids is 1. The number of carbonyl (C=O) groups is 1. The van der Waals surface area contributed by atoms with Crippen LogP contribution in [-0.2, 0) is 11.2 Å². The number of nitrogens with two attached hydrogens (primary N) is 1. The van der Waals surface area contributed by atoms with E-state index in [0.717, 1.165) is 6.42 Å². The number of benzene rings is 1. The Morgan fingerprint density at radius 1 is 1.41 bits per heavy atom. The number of nitrogens with zero attached hydrogens (tertiary/aromatic N) is 1. The molecule has 0 aromatic heterocycles. The van der Waals surface area contributed by atoms with Crippen LogP contribution in [0.2, 0.25) is 0 Å². The maximum atomic E-state index is 11.5. The Labute approximate surface area is 101 Å².